The van der Waals surface area contributed by atoms with Gasteiger partial charge in [0.25, 0.3) is 0 Å². The van der Waals surface area contributed by atoms with Crippen LogP contribution in [0.3, 0.4) is 0 Å². The van der Waals surface area contributed by atoms with Crippen molar-refractivity contribution in [2.75, 3.05) is 27.3 Å². The number of hydrogen-bond donors (Lipinski definition) is 1. The molecule has 15 heavy (non-hydrogen) atoms. The van der Waals surface area contributed by atoms with Crippen LogP contribution in [0, 0.1) is 0 Å². The minimum absolute atomic E-state index is 0.0227. The predicted molar refractivity (Wildman–Crippen MR) is 58.1 cm³/mol. The molecule has 0 aliphatic heterocycles. The summed E-state index contributed by atoms with van der Waals surface area (Å²) in [6.45, 7) is 4.21. The molecule has 0 bridgehead atoms. The maximum absolute atomic E-state index is 5.71. The lowest BCUT2D eigenvalue weighted by molar-refractivity contribution is 0.0818. The third-order valence-corrected chi connectivity index (χ3v) is 2.02. The number of hydrogen-bond acceptors (Lipinski definition) is 4. The summed E-state index contributed by atoms with van der Waals surface area (Å²) >= 11 is 0. The van der Waals surface area contributed by atoms with E-state index in [1.165, 1.54) is 0 Å². The first-order valence-electron chi connectivity index (χ1n) is 5.12. The van der Waals surface area contributed by atoms with Crippen molar-refractivity contribution in [1.29, 1.82) is 0 Å². The van der Waals surface area contributed by atoms with Crippen LogP contribution in [-0.2, 0) is 11.3 Å². The number of ether oxygens (including phenoxy) is 2. The molecular weight excluding hydrogens is 194 g/mol. The first-order valence-corrected chi connectivity index (χ1v) is 5.12. The van der Waals surface area contributed by atoms with Crippen molar-refractivity contribution >= 4 is 0 Å². The highest BCUT2D eigenvalue weighted by molar-refractivity contribution is 5.12. The lowest BCUT2D eigenvalue weighted by Gasteiger charge is -2.16. The van der Waals surface area contributed by atoms with E-state index >= 15 is 0 Å². The maximum Gasteiger partial charge on any atom is 0.157 e. The average Bonchev–Trinajstić information content (AvgIpc) is 2.66. The summed E-state index contributed by atoms with van der Waals surface area (Å²) in [7, 11) is 3.56. The molecule has 0 saturated heterocycles. The molecule has 1 aromatic heterocycles. The minimum Gasteiger partial charge on any atom is -0.483 e. The van der Waals surface area contributed by atoms with E-state index in [0.717, 1.165) is 18.8 Å². The second-order valence-corrected chi connectivity index (χ2v) is 3.28. The zero-order valence-corrected chi connectivity index (χ0v) is 9.56. The zero-order chi connectivity index (χ0) is 11.1. The Hall–Kier alpha value is -1.07. The molecule has 0 amide bonds. The van der Waals surface area contributed by atoms with E-state index in [0.29, 0.717) is 6.61 Å². The summed E-state index contributed by atoms with van der Waals surface area (Å²) in [6, 6.07) is 0. The van der Waals surface area contributed by atoms with E-state index in [-0.39, 0.29) is 6.10 Å². The number of nitrogens with one attached hydrogen (secondary N) is 1. The molecule has 0 aliphatic carbocycles. The molecular formula is C10H19N3O2. The molecule has 0 spiro atoms. The van der Waals surface area contributed by atoms with Crippen LogP contribution in [0.15, 0.2) is 12.4 Å². The van der Waals surface area contributed by atoms with E-state index in [4.69, 9.17) is 9.47 Å². The SMILES string of the molecule is CCn1cc(OC(CNC)COC)cn1. The van der Waals surface area contributed by atoms with Crippen LogP contribution in [0.25, 0.3) is 0 Å². The highest BCUT2D eigenvalue weighted by Crippen LogP contribution is 2.10. The number of likely N-dealkylation sites (N-methyl/N-ethyl adjacent to an activating group) is 1. The molecule has 5 heteroatoms. The standard InChI is InChI=1S/C10H19N3O2/c1-4-13-7-9(6-12-13)15-10(5-11-2)8-14-3/h6-7,10-11H,4-5,8H2,1-3H3. The quantitative estimate of drug-likeness (QED) is 0.717. The molecule has 86 valence electrons. The summed E-state index contributed by atoms with van der Waals surface area (Å²) in [5.41, 5.74) is 0. The fourth-order valence-electron chi connectivity index (χ4n) is 1.32. The van der Waals surface area contributed by atoms with Crippen LogP contribution in [-0.4, -0.2) is 43.2 Å². The van der Waals surface area contributed by atoms with Crippen LogP contribution in [0.5, 0.6) is 5.75 Å². The maximum atomic E-state index is 5.71. The van der Waals surface area contributed by atoms with Gasteiger partial charge in [0, 0.05) is 20.2 Å². The van der Waals surface area contributed by atoms with Crippen molar-refractivity contribution in [1.82, 2.24) is 15.1 Å². The fourth-order valence-corrected chi connectivity index (χ4v) is 1.32. The zero-order valence-electron chi connectivity index (χ0n) is 9.56. The van der Waals surface area contributed by atoms with E-state index in [1.54, 1.807) is 13.3 Å². The van der Waals surface area contributed by atoms with Crippen molar-refractivity contribution in [3.8, 4) is 5.75 Å². The average molecular weight is 213 g/mol. The van der Waals surface area contributed by atoms with Crippen LogP contribution < -0.4 is 10.1 Å². The van der Waals surface area contributed by atoms with Gasteiger partial charge in [-0.2, -0.15) is 5.10 Å². The molecule has 1 rings (SSSR count). The largest absolute Gasteiger partial charge is 0.483 e. The Morgan fingerprint density at radius 3 is 2.93 bits per heavy atom. The Morgan fingerprint density at radius 2 is 2.40 bits per heavy atom. The molecule has 1 heterocycles. The number of aryl methyl sites for hydroxylation is 1. The number of methoxy groups -OCH3 is 1. The van der Waals surface area contributed by atoms with Gasteiger partial charge in [0.15, 0.2) is 5.75 Å². The van der Waals surface area contributed by atoms with Gasteiger partial charge in [0.05, 0.1) is 19.0 Å². The van der Waals surface area contributed by atoms with Gasteiger partial charge in [-0.15, -0.1) is 0 Å². The lowest BCUT2D eigenvalue weighted by atomic mass is 10.3. The molecule has 5 nitrogen and oxygen atoms in total. The second kappa shape index (κ2) is 6.42. The van der Waals surface area contributed by atoms with Gasteiger partial charge in [-0.3, -0.25) is 4.68 Å². The van der Waals surface area contributed by atoms with Crippen molar-refractivity contribution in [3.63, 3.8) is 0 Å². The molecule has 0 radical (unpaired) electrons. The smallest absolute Gasteiger partial charge is 0.157 e. The van der Waals surface area contributed by atoms with Crippen molar-refractivity contribution in [3.05, 3.63) is 12.4 Å². The van der Waals surface area contributed by atoms with Gasteiger partial charge in [0.1, 0.15) is 6.10 Å². The topological polar surface area (TPSA) is 48.3 Å². The molecule has 0 saturated carbocycles. The molecule has 1 unspecified atom stereocenters. The van der Waals surface area contributed by atoms with Gasteiger partial charge in [-0.25, -0.2) is 0 Å². The monoisotopic (exact) mass is 213 g/mol. The van der Waals surface area contributed by atoms with Crippen molar-refractivity contribution in [2.45, 2.75) is 19.6 Å². The first-order chi connectivity index (χ1) is 7.30. The highest BCUT2D eigenvalue weighted by atomic mass is 16.5. The van der Waals surface area contributed by atoms with E-state index in [9.17, 15) is 0 Å². The molecule has 1 aromatic rings. The Bertz CT molecular complexity index is 269. The minimum atomic E-state index is 0.0227. The predicted octanol–water partition coefficient (Wildman–Crippen LogP) is 0.516. The molecule has 1 N–H and O–H groups in total. The van der Waals surface area contributed by atoms with Gasteiger partial charge >= 0.3 is 0 Å². The summed E-state index contributed by atoms with van der Waals surface area (Å²) in [5.74, 6) is 0.786. The third-order valence-electron chi connectivity index (χ3n) is 2.02. The second-order valence-electron chi connectivity index (χ2n) is 3.28. The van der Waals surface area contributed by atoms with E-state index in [1.807, 2.05) is 24.9 Å². The van der Waals surface area contributed by atoms with E-state index in [2.05, 4.69) is 10.4 Å². The summed E-state index contributed by atoms with van der Waals surface area (Å²) in [4.78, 5) is 0. The van der Waals surface area contributed by atoms with E-state index < -0.39 is 0 Å². The molecule has 1 atom stereocenters. The summed E-state index contributed by atoms with van der Waals surface area (Å²) < 4.78 is 12.6. The fraction of sp³-hybridized carbons (Fsp3) is 0.700. The van der Waals surface area contributed by atoms with Gasteiger partial charge in [-0.1, -0.05) is 0 Å². The van der Waals surface area contributed by atoms with Crippen molar-refractivity contribution < 1.29 is 9.47 Å². The summed E-state index contributed by atoms with van der Waals surface area (Å²) in [6.07, 6.45) is 3.63. The van der Waals surface area contributed by atoms with Gasteiger partial charge in [-0.05, 0) is 14.0 Å². The molecule has 0 fully saturated rings. The third kappa shape index (κ3) is 3.89. The van der Waals surface area contributed by atoms with Crippen LogP contribution >= 0.6 is 0 Å². The molecule has 0 aromatic carbocycles. The normalized spacial score (nSPS) is 12.7. The lowest BCUT2D eigenvalue weighted by Crippen LogP contribution is -2.33. The Kier molecular flexibility index (Phi) is 5.14. The summed E-state index contributed by atoms with van der Waals surface area (Å²) in [5, 5.41) is 7.20. The Labute approximate surface area is 90.4 Å². The number of aromatic nitrogens is 2. The highest BCUT2D eigenvalue weighted by Gasteiger charge is 2.10. The Morgan fingerprint density at radius 1 is 1.60 bits per heavy atom. The van der Waals surface area contributed by atoms with Crippen molar-refractivity contribution in [2.24, 2.45) is 0 Å². The van der Waals surface area contributed by atoms with Gasteiger partial charge in [0.2, 0.25) is 0 Å². The Balaban J connectivity index is 2.48. The van der Waals surface area contributed by atoms with Crippen LogP contribution in [0.2, 0.25) is 0 Å². The molecule has 0 aliphatic rings. The van der Waals surface area contributed by atoms with Crippen LogP contribution in [0.4, 0.5) is 0 Å². The van der Waals surface area contributed by atoms with Gasteiger partial charge < -0.3 is 14.8 Å². The van der Waals surface area contributed by atoms with Crippen LogP contribution in [0.1, 0.15) is 6.92 Å². The number of rotatable bonds is 7. The number of nitrogens with zero attached hydrogens (tertiary/aromatic N) is 2. The first kappa shape index (κ1) is 12.0.